The van der Waals surface area contributed by atoms with Gasteiger partial charge in [-0.3, -0.25) is 0 Å². The lowest BCUT2D eigenvalue weighted by atomic mass is 10.0. The van der Waals surface area contributed by atoms with E-state index in [4.69, 9.17) is 4.74 Å². The van der Waals surface area contributed by atoms with E-state index in [9.17, 15) is 13.2 Å². The molecule has 3 rings (SSSR count). The van der Waals surface area contributed by atoms with Crippen LogP contribution < -0.4 is 4.74 Å². The summed E-state index contributed by atoms with van der Waals surface area (Å²) in [6, 6.07) is 15.1. The SMILES string of the molecule is CCCCCCOc1ccc(-c2ccc(/C=C/c3ccc(C)cc3F)cc2)c(F)c1F. The summed E-state index contributed by atoms with van der Waals surface area (Å²) in [6.45, 7) is 4.32. The highest BCUT2D eigenvalue weighted by Crippen LogP contribution is 2.30. The Balaban J connectivity index is 1.70. The summed E-state index contributed by atoms with van der Waals surface area (Å²) < 4.78 is 48.4. The lowest BCUT2D eigenvalue weighted by Crippen LogP contribution is -2.01. The minimum Gasteiger partial charge on any atom is -0.490 e. The minimum atomic E-state index is -0.966. The second-order valence-corrected chi connectivity index (χ2v) is 7.63. The van der Waals surface area contributed by atoms with Crippen LogP contribution in [-0.4, -0.2) is 6.61 Å². The summed E-state index contributed by atoms with van der Waals surface area (Å²) in [5, 5.41) is 0. The van der Waals surface area contributed by atoms with E-state index in [0.717, 1.165) is 36.8 Å². The molecule has 0 bridgehead atoms. The Kier molecular flexibility index (Phi) is 7.94. The van der Waals surface area contributed by atoms with Crippen LogP contribution in [0.15, 0.2) is 54.6 Å². The third kappa shape index (κ3) is 6.00. The number of hydrogen-bond donors (Lipinski definition) is 0. The van der Waals surface area contributed by atoms with Crippen molar-refractivity contribution in [3.63, 3.8) is 0 Å². The number of aryl methyl sites for hydroxylation is 1. The molecule has 0 saturated carbocycles. The number of unbranched alkanes of at least 4 members (excludes halogenated alkanes) is 3. The summed E-state index contributed by atoms with van der Waals surface area (Å²) in [5.41, 5.74) is 2.92. The molecule has 0 spiro atoms. The fourth-order valence-corrected chi connectivity index (χ4v) is 3.30. The first kappa shape index (κ1) is 22.7. The second-order valence-electron chi connectivity index (χ2n) is 7.63. The molecule has 3 aromatic rings. The van der Waals surface area contributed by atoms with Gasteiger partial charge in [-0.2, -0.15) is 4.39 Å². The minimum absolute atomic E-state index is 0.0579. The van der Waals surface area contributed by atoms with Crippen molar-refractivity contribution in [1.82, 2.24) is 0 Å². The van der Waals surface area contributed by atoms with E-state index in [-0.39, 0.29) is 17.1 Å². The van der Waals surface area contributed by atoms with Crippen molar-refractivity contribution in [3.05, 3.63) is 88.7 Å². The van der Waals surface area contributed by atoms with Crippen molar-refractivity contribution in [2.75, 3.05) is 6.61 Å². The van der Waals surface area contributed by atoms with Crippen molar-refractivity contribution >= 4 is 12.2 Å². The molecular formula is C27H27F3O. The van der Waals surface area contributed by atoms with Crippen LogP contribution in [0.2, 0.25) is 0 Å². The Bertz CT molecular complexity index is 1040. The maximum absolute atomic E-state index is 14.6. The van der Waals surface area contributed by atoms with Gasteiger partial charge in [0.2, 0.25) is 5.82 Å². The quantitative estimate of drug-likeness (QED) is 0.248. The van der Waals surface area contributed by atoms with Crippen LogP contribution >= 0.6 is 0 Å². The van der Waals surface area contributed by atoms with Gasteiger partial charge >= 0.3 is 0 Å². The first-order valence-electron chi connectivity index (χ1n) is 10.6. The summed E-state index contributed by atoms with van der Waals surface area (Å²) >= 11 is 0. The van der Waals surface area contributed by atoms with E-state index in [0.29, 0.717) is 17.7 Å². The standard InChI is InChI=1S/C27H27F3O/c1-3-4-5-6-17-31-25-16-15-23(26(29)27(25)30)21-12-8-20(9-13-21)10-14-22-11-7-19(2)18-24(22)28/h7-16,18H,3-6,17H2,1-2H3/b14-10+. The summed E-state index contributed by atoms with van der Waals surface area (Å²) in [6.07, 6.45) is 7.51. The third-order valence-corrected chi connectivity index (χ3v) is 5.14. The highest BCUT2D eigenvalue weighted by molar-refractivity contribution is 5.72. The van der Waals surface area contributed by atoms with E-state index in [2.05, 4.69) is 6.92 Å². The third-order valence-electron chi connectivity index (χ3n) is 5.14. The molecular weight excluding hydrogens is 397 g/mol. The molecule has 31 heavy (non-hydrogen) atoms. The molecule has 0 aliphatic carbocycles. The highest BCUT2D eigenvalue weighted by atomic mass is 19.2. The highest BCUT2D eigenvalue weighted by Gasteiger charge is 2.15. The number of rotatable bonds is 9. The zero-order valence-electron chi connectivity index (χ0n) is 17.9. The molecule has 0 radical (unpaired) electrons. The van der Waals surface area contributed by atoms with Gasteiger partial charge in [-0.1, -0.05) is 74.7 Å². The normalized spacial score (nSPS) is 11.3. The van der Waals surface area contributed by atoms with Crippen molar-refractivity contribution in [2.24, 2.45) is 0 Å². The molecule has 0 aliphatic rings. The molecule has 4 heteroatoms. The van der Waals surface area contributed by atoms with Gasteiger partial charge in [0, 0.05) is 11.1 Å². The fraction of sp³-hybridized carbons (Fsp3) is 0.259. The molecule has 162 valence electrons. The maximum Gasteiger partial charge on any atom is 0.201 e. The van der Waals surface area contributed by atoms with E-state index in [1.54, 1.807) is 42.5 Å². The lowest BCUT2D eigenvalue weighted by Gasteiger charge is -2.11. The number of benzene rings is 3. The van der Waals surface area contributed by atoms with Crippen LogP contribution in [0.3, 0.4) is 0 Å². The van der Waals surface area contributed by atoms with Crippen LogP contribution in [-0.2, 0) is 0 Å². The monoisotopic (exact) mass is 424 g/mol. The predicted molar refractivity (Wildman–Crippen MR) is 121 cm³/mol. The van der Waals surface area contributed by atoms with Gasteiger partial charge in [-0.05, 0) is 48.2 Å². The zero-order chi connectivity index (χ0) is 22.2. The summed E-state index contributed by atoms with van der Waals surface area (Å²) in [7, 11) is 0. The second kappa shape index (κ2) is 10.9. The average molecular weight is 425 g/mol. The van der Waals surface area contributed by atoms with Crippen LogP contribution in [0.1, 0.15) is 49.3 Å². The maximum atomic E-state index is 14.6. The number of ether oxygens (including phenoxy) is 1. The lowest BCUT2D eigenvalue weighted by molar-refractivity contribution is 0.285. The number of halogens is 3. The van der Waals surface area contributed by atoms with E-state index < -0.39 is 11.6 Å². The predicted octanol–water partition coefficient (Wildman–Crippen LogP) is 8.21. The fourth-order valence-electron chi connectivity index (χ4n) is 3.30. The molecule has 0 amide bonds. The van der Waals surface area contributed by atoms with Crippen molar-refractivity contribution in [3.8, 4) is 16.9 Å². The van der Waals surface area contributed by atoms with Crippen LogP contribution in [0.25, 0.3) is 23.3 Å². The Hall–Kier alpha value is -3.01. The number of hydrogen-bond acceptors (Lipinski definition) is 1. The Labute approximate surface area is 182 Å². The Morgan fingerprint density at radius 2 is 1.58 bits per heavy atom. The molecule has 0 N–H and O–H groups in total. The molecule has 1 nitrogen and oxygen atoms in total. The summed E-state index contributed by atoms with van der Waals surface area (Å²) in [5.74, 6) is -2.22. The molecule has 0 aliphatic heterocycles. The Morgan fingerprint density at radius 3 is 2.29 bits per heavy atom. The van der Waals surface area contributed by atoms with E-state index >= 15 is 0 Å². The summed E-state index contributed by atoms with van der Waals surface area (Å²) in [4.78, 5) is 0. The van der Waals surface area contributed by atoms with E-state index in [1.165, 1.54) is 18.2 Å². The van der Waals surface area contributed by atoms with Crippen LogP contribution in [0.4, 0.5) is 13.2 Å². The Morgan fingerprint density at radius 1 is 0.806 bits per heavy atom. The largest absolute Gasteiger partial charge is 0.490 e. The molecule has 3 aromatic carbocycles. The van der Waals surface area contributed by atoms with Gasteiger partial charge in [0.25, 0.3) is 0 Å². The smallest absolute Gasteiger partial charge is 0.201 e. The molecule has 0 aromatic heterocycles. The molecule has 0 fully saturated rings. The average Bonchev–Trinajstić information content (AvgIpc) is 2.76. The van der Waals surface area contributed by atoms with Gasteiger partial charge in [-0.15, -0.1) is 0 Å². The van der Waals surface area contributed by atoms with E-state index in [1.807, 2.05) is 13.0 Å². The van der Waals surface area contributed by atoms with Gasteiger partial charge in [0.15, 0.2) is 11.6 Å². The van der Waals surface area contributed by atoms with Gasteiger partial charge in [0.1, 0.15) is 5.82 Å². The molecule has 0 heterocycles. The first-order valence-corrected chi connectivity index (χ1v) is 10.6. The van der Waals surface area contributed by atoms with Crippen LogP contribution in [0, 0.1) is 24.4 Å². The zero-order valence-corrected chi connectivity index (χ0v) is 17.9. The van der Waals surface area contributed by atoms with Crippen molar-refractivity contribution in [1.29, 1.82) is 0 Å². The molecule has 0 unspecified atom stereocenters. The van der Waals surface area contributed by atoms with Crippen molar-refractivity contribution < 1.29 is 17.9 Å². The topological polar surface area (TPSA) is 9.23 Å². The van der Waals surface area contributed by atoms with Gasteiger partial charge in [0.05, 0.1) is 6.61 Å². The molecule has 0 atom stereocenters. The molecule has 0 saturated heterocycles. The first-order chi connectivity index (χ1) is 15.0. The van der Waals surface area contributed by atoms with Crippen molar-refractivity contribution in [2.45, 2.75) is 39.5 Å². The van der Waals surface area contributed by atoms with Gasteiger partial charge < -0.3 is 4.74 Å². The van der Waals surface area contributed by atoms with Crippen LogP contribution in [0.5, 0.6) is 5.75 Å². The van der Waals surface area contributed by atoms with Gasteiger partial charge in [-0.25, -0.2) is 8.78 Å².